The lowest BCUT2D eigenvalue weighted by Crippen LogP contribution is -2.49. The first-order valence-corrected chi connectivity index (χ1v) is 14.5. The van der Waals surface area contributed by atoms with E-state index in [1.165, 1.54) is 0 Å². The van der Waals surface area contributed by atoms with Crippen LogP contribution in [0.3, 0.4) is 0 Å². The van der Waals surface area contributed by atoms with Crippen molar-refractivity contribution in [2.75, 3.05) is 13.1 Å². The largest absolute Gasteiger partial charge is 0.361 e. The van der Waals surface area contributed by atoms with E-state index in [-0.39, 0.29) is 30.1 Å². The van der Waals surface area contributed by atoms with Gasteiger partial charge in [-0.2, -0.15) is 5.10 Å². The lowest BCUT2D eigenvalue weighted by molar-refractivity contribution is -0.129. The number of aromatic nitrogens is 5. The first-order valence-electron chi connectivity index (χ1n) is 14.5. The summed E-state index contributed by atoms with van der Waals surface area (Å²) in [5.41, 5.74) is 2.40. The van der Waals surface area contributed by atoms with E-state index in [2.05, 4.69) is 39.5 Å². The van der Waals surface area contributed by atoms with Gasteiger partial charge in [-0.3, -0.25) is 19.4 Å². The van der Waals surface area contributed by atoms with Gasteiger partial charge in [-0.25, -0.2) is 9.67 Å². The number of fused-ring (bicyclic) bond motifs is 2. The Morgan fingerprint density at radius 2 is 1.88 bits per heavy atom. The number of aryl methyl sites for hydroxylation is 1. The summed E-state index contributed by atoms with van der Waals surface area (Å²) in [7, 11) is 0. The quantitative estimate of drug-likeness (QED) is 0.337. The highest BCUT2D eigenvalue weighted by atomic mass is 16.2. The number of carbonyl (C=O) groups is 3. The molecule has 3 amide bonds. The fourth-order valence-corrected chi connectivity index (χ4v) is 5.50. The molecule has 3 aromatic heterocycles. The minimum atomic E-state index is -0.792. The van der Waals surface area contributed by atoms with Crippen molar-refractivity contribution >= 4 is 28.6 Å². The summed E-state index contributed by atoms with van der Waals surface area (Å²) in [6.07, 6.45) is 6.65. The monoisotopic (exact) mass is 570 g/mol. The van der Waals surface area contributed by atoms with Crippen LogP contribution in [0.2, 0.25) is 0 Å². The molecular weight excluding hydrogens is 532 g/mol. The number of para-hydroxylation sites is 1. The highest BCUT2D eigenvalue weighted by Crippen LogP contribution is 2.23. The second-order valence-corrected chi connectivity index (χ2v) is 11.3. The van der Waals surface area contributed by atoms with Crippen LogP contribution in [-0.2, 0) is 22.6 Å². The van der Waals surface area contributed by atoms with Crippen molar-refractivity contribution in [3.63, 3.8) is 0 Å². The summed E-state index contributed by atoms with van der Waals surface area (Å²) in [5.74, 6) is 0.823. The molecule has 0 spiro atoms. The third-order valence-electron chi connectivity index (χ3n) is 7.50. The maximum Gasteiger partial charge on any atom is 0.255 e. The van der Waals surface area contributed by atoms with Crippen molar-refractivity contribution in [3.05, 3.63) is 77.8 Å². The number of carbonyl (C=O) groups excluding carboxylic acids is 3. The predicted octanol–water partition coefficient (Wildman–Crippen LogP) is 3.33. The predicted molar refractivity (Wildman–Crippen MR) is 158 cm³/mol. The lowest BCUT2D eigenvalue weighted by atomic mass is 10.0. The average Bonchev–Trinajstić information content (AvgIpc) is 3.56. The molecule has 1 aromatic carbocycles. The van der Waals surface area contributed by atoms with Crippen LogP contribution < -0.4 is 10.6 Å². The maximum atomic E-state index is 13.8. The lowest BCUT2D eigenvalue weighted by Gasteiger charge is -2.27. The molecule has 5 rings (SSSR count). The number of nitrogens with one attached hydrogen (secondary N) is 3. The SMILES string of the molecule is Cc1nc2n(n1)CCN(C(=O)c1cccnc1)CCCC(=O)N[C@H](Cc1c[nH]c3ccccc13)C(=O)N[C@H]2CC(C)C. The van der Waals surface area contributed by atoms with Crippen molar-refractivity contribution in [2.24, 2.45) is 5.92 Å². The molecule has 0 fully saturated rings. The molecule has 0 aliphatic carbocycles. The third-order valence-corrected chi connectivity index (χ3v) is 7.50. The summed E-state index contributed by atoms with van der Waals surface area (Å²) in [5, 5.41) is 11.8. The van der Waals surface area contributed by atoms with Gasteiger partial charge in [0.25, 0.3) is 5.91 Å². The van der Waals surface area contributed by atoms with Crippen molar-refractivity contribution in [1.29, 1.82) is 0 Å². The molecule has 0 unspecified atom stereocenters. The van der Waals surface area contributed by atoms with Gasteiger partial charge in [0.15, 0.2) is 0 Å². The first kappa shape index (κ1) is 29.0. The molecule has 0 saturated heterocycles. The van der Waals surface area contributed by atoms with Gasteiger partial charge in [0.05, 0.1) is 18.2 Å². The van der Waals surface area contributed by atoms with Crippen LogP contribution in [0.15, 0.2) is 55.0 Å². The van der Waals surface area contributed by atoms with Gasteiger partial charge < -0.3 is 20.5 Å². The molecule has 4 heterocycles. The van der Waals surface area contributed by atoms with Crippen LogP contribution in [-0.4, -0.2) is 66.5 Å². The van der Waals surface area contributed by atoms with E-state index in [0.717, 1.165) is 16.5 Å². The van der Waals surface area contributed by atoms with Crippen LogP contribution >= 0.6 is 0 Å². The second-order valence-electron chi connectivity index (χ2n) is 11.3. The molecule has 1 aliphatic rings. The van der Waals surface area contributed by atoms with Crippen LogP contribution in [0.25, 0.3) is 10.9 Å². The summed E-state index contributed by atoms with van der Waals surface area (Å²) in [4.78, 5) is 54.2. The number of amides is 3. The highest BCUT2D eigenvalue weighted by Gasteiger charge is 2.29. The van der Waals surface area contributed by atoms with Gasteiger partial charge in [0.1, 0.15) is 17.7 Å². The van der Waals surface area contributed by atoms with Gasteiger partial charge in [0, 0.05) is 55.4 Å². The Hall–Kier alpha value is -4.54. The minimum Gasteiger partial charge on any atom is -0.361 e. The summed E-state index contributed by atoms with van der Waals surface area (Å²) in [6.45, 7) is 7.14. The fourth-order valence-electron chi connectivity index (χ4n) is 5.50. The fraction of sp³-hybridized carbons (Fsp3) is 0.419. The van der Waals surface area contributed by atoms with Crippen molar-refractivity contribution in [2.45, 2.75) is 65.1 Å². The van der Waals surface area contributed by atoms with Crippen molar-refractivity contribution in [1.82, 2.24) is 40.3 Å². The Labute approximate surface area is 245 Å². The smallest absolute Gasteiger partial charge is 0.255 e. The van der Waals surface area contributed by atoms with Crippen LogP contribution in [0.1, 0.15) is 66.7 Å². The number of hydrogen-bond donors (Lipinski definition) is 3. The second kappa shape index (κ2) is 13.0. The number of aromatic amines is 1. The Morgan fingerprint density at radius 1 is 1.05 bits per heavy atom. The number of benzene rings is 1. The Kier molecular flexibility index (Phi) is 8.94. The summed E-state index contributed by atoms with van der Waals surface area (Å²) < 4.78 is 1.80. The number of rotatable bonds is 5. The van der Waals surface area contributed by atoms with E-state index >= 15 is 0 Å². The van der Waals surface area contributed by atoms with E-state index in [0.29, 0.717) is 56.1 Å². The highest BCUT2D eigenvalue weighted by molar-refractivity contribution is 5.94. The van der Waals surface area contributed by atoms with Gasteiger partial charge in [-0.05, 0) is 49.4 Å². The van der Waals surface area contributed by atoms with Gasteiger partial charge in [-0.1, -0.05) is 32.0 Å². The van der Waals surface area contributed by atoms with Crippen LogP contribution in [0, 0.1) is 12.8 Å². The molecule has 0 radical (unpaired) electrons. The molecule has 1 aliphatic heterocycles. The summed E-state index contributed by atoms with van der Waals surface area (Å²) in [6, 6.07) is 10.2. The first-order chi connectivity index (χ1) is 20.3. The third kappa shape index (κ3) is 6.84. The molecule has 11 nitrogen and oxygen atoms in total. The Bertz CT molecular complexity index is 1540. The Balaban J connectivity index is 1.47. The number of nitrogens with zero attached hydrogens (tertiary/aromatic N) is 5. The topological polar surface area (TPSA) is 138 Å². The van der Waals surface area contributed by atoms with Gasteiger partial charge in [0.2, 0.25) is 11.8 Å². The average molecular weight is 571 g/mol. The standard InChI is InChI=1S/C31H38N8O3/c1-20(2)16-26-29-34-21(3)37-39(29)15-14-38(31(42)22-8-6-12-32-18-22)13-7-11-28(40)35-27(30(41)36-26)17-23-19-33-25-10-5-4-9-24(23)25/h4-6,8-10,12,18-20,26-27,33H,7,11,13-17H2,1-3H3,(H,35,40)(H,36,41)/t26-,27+/m0/s1. The summed E-state index contributed by atoms with van der Waals surface area (Å²) >= 11 is 0. The Morgan fingerprint density at radius 3 is 2.67 bits per heavy atom. The molecule has 3 N–H and O–H groups in total. The zero-order valence-electron chi connectivity index (χ0n) is 24.3. The zero-order chi connectivity index (χ0) is 29.6. The van der Waals surface area contributed by atoms with Gasteiger partial charge in [-0.15, -0.1) is 0 Å². The molecular formula is C31H38N8O3. The molecule has 4 aromatic rings. The molecule has 220 valence electrons. The number of pyridine rings is 1. The van der Waals surface area contributed by atoms with Crippen molar-refractivity contribution in [3.8, 4) is 0 Å². The van der Waals surface area contributed by atoms with Gasteiger partial charge >= 0.3 is 0 Å². The molecule has 2 atom stereocenters. The van der Waals surface area contributed by atoms with Crippen LogP contribution in [0.4, 0.5) is 0 Å². The molecule has 42 heavy (non-hydrogen) atoms. The normalized spacial score (nSPS) is 18.8. The van der Waals surface area contributed by atoms with E-state index in [4.69, 9.17) is 4.98 Å². The maximum absolute atomic E-state index is 13.8. The molecule has 0 bridgehead atoms. The molecule has 0 saturated carbocycles. The van der Waals surface area contributed by atoms with E-state index < -0.39 is 12.1 Å². The number of hydrogen-bond acceptors (Lipinski definition) is 6. The van der Waals surface area contributed by atoms with Crippen LogP contribution in [0.5, 0.6) is 0 Å². The van der Waals surface area contributed by atoms with E-state index in [1.807, 2.05) is 37.4 Å². The molecule has 11 heteroatoms. The zero-order valence-corrected chi connectivity index (χ0v) is 24.3. The van der Waals surface area contributed by atoms with E-state index in [1.54, 1.807) is 34.1 Å². The van der Waals surface area contributed by atoms with E-state index in [9.17, 15) is 14.4 Å². The van der Waals surface area contributed by atoms with Crippen molar-refractivity contribution < 1.29 is 14.4 Å². The minimum absolute atomic E-state index is 0.154. The number of H-pyrrole nitrogens is 1.